The molecule has 1 aromatic carbocycles. The summed E-state index contributed by atoms with van der Waals surface area (Å²) in [5.74, 6) is -0.144. The third-order valence-corrected chi connectivity index (χ3v) is 3.97. The van der Waals surface area contributed by atoms with Gasteiger partial charge < -0.3 is 10.6 Å². The minimum atomic E-state index is -0.144. The number of nitrogens with one attached hydrogen (secondary N) is 3. The number of halogens is 2. The molecule has 7 heteroatoms. The molecular formula is C15H18Cl2N4O. The number of nitrogens with zero attached hydrogens (tertiary/aromatic N) is 1. The Hall–Kier alpha value is -1.56. The molecule has 0 radical (unpaired) electrons. The van der Waals surface area contributed by atoms with E-state index in [2.05, 4.69) is 20.8 Å². The fourth-order valence-electron chi connectivity index (χ4n) is 2.49. The second-order valence-electron chi connectivity index (χ2n) is 5.15. The molecule has 1 aliphatic heterocycles. The lowest BCUT2D eigenvalue weighted by atomic mass is 10.1. The first-order chi connectivity index (χ1) is 10.2. The van der Waals surface area contributed by atoms with Crippen LogP contribution in [0.15, 0.2) is 30.3 Å². The second-order valence-corrected chi connectivity index (χ2v) is 5.56. The molecule has 118 valence electrons. The van der Waals surface area contributed by atoms with Gasteiger partial charge in [0.05, 0.1) is 10.7 Å². The summed E-state index contributed by atoms with van der Waals surface area (Å²) in [5, 5.41) is 13.8. The highest BCUT2D eigenvalue weighted by Gasteiger charge is 2.17. The third-order valence-electron chi connectivity index (χ3n) is 3.64. The summed E-state index contributed by atoms with van der Waals surface area (Å²) >= 11 is 6.13. The van der Waals surface area contributed by atoms with E-state index in [0.717, 1.165) is 18.5 Å². The van der Waals surface area contributed by atoms with Crippen molar-refractivity contribution in [3.8, 4) is 11.3 Å². The van der Waals surface area contributed by atoms with E-state index in [1.54, 1.807) is 12.1 Å². The van der Waals surface area contributed by atoms with E-state index >= 15 is 0 Å². The summed E-state index contributed by atoms with van der Waals surface area (Å²) in [6.45, 7) is 1.67. The SMILES string of the molecule is Cl.O=C(NCC1CCCN1)c1cc(-c2ccccc2Cl)n[nH]1. The number of carbonyl (C=O) groups excluding carboxylic acids is 1. The van der Waals surface area contributed by atoms with Gasteiger partial charge in [0.25, 0.3) is 5.91 Å². The van der Waals surface area contributed by atoms with Crippen LogP contribution >= 0.6 is 24.0 Å². The van der Waals surface area contributed by atoms with Crippen LogP contribution in [0, 0.1) is 0 Å². The number of hydrogen-bond donors (Lipinski definition) is 3. The van der Waals surface area contributed by atoms with Crippen molar-refractivity contribution in [3.05, 3.63) is 41.0 Å². The van der Waals surface area contributed by atoms with E-state index in [-0.39, 0.29) is 18.3 Å². The predicted octanol–water partition coefficient (Wildman–Crippen LogP) is 2.63. The van der Waals surface area contributed by atoms with Crippen molar-refractivity contribution in [2.24, 2.45) is 0 Å². The molecule has 1 saturated heterocycles. The monoisotopic (exact) mass is 340 g/mol. The van der Waals surface area contributed by atoms with Gasteiger partial charge in [-0.25, -0.2) is 0 Å². The van der Waals surface area contributed by atoms with Gasteiger partial charge in [0, 0.05) is 18.2 Å². The third kappa shape index (κ3) is 3.80. The minimum absolute atomic E-state index is 0. The molecule has 5 nitrogen and oxygen atoms in total. The Morgan fingerprint density at radius 2 is 2.23 bits per heavy atom. The maximum absolute atomic E-state index is 12.1. The van der Waals surface area contributed by atoms with E-state index in [0.29, 0.717) is 29.0 Å². The van der Waals surface area contributed by atoms with Gasteiger partial charge in [0.2, 0.25) is 0 Å². The van der Waals surface area contributed by atoms with Crippen LogP contribution in [0.2, 0.25) is 5.02 Å². The van der Waals surface area contributed by atoms with E-state index in [1.807, 2.05) is 18.2 Å². The fraction of sp³-hybridized carbons (Fsp3) is 0.333. The standard InChI is InChI=1S/C15H17ClN4O.ClH/c16-12-6-2-1-5-11(12)13-8-14(20-19-13)15(21)18-9-10-4-3-7-17-10;/h1-2,5-6,8,10,17H,3-4,7,9H2,(H,18,21)(H,19,20);1H. The Kier molecular flexibility index (Phi) is 5.83. The quantitative estimate of drug-likeness (QED) is 0.801. The number of amides is 1. The first-order valence-electron chi connectivity index (χ1n) is 7.06. The van der Waals surface area contributed by atoms with E-state index in [4.69, 9.17) is 11.6 Å². The van der Waals surface area contributed by atoms with Crippen LogP contribution in [0.25, 0.3) is 11.3 Å². The highest BCUT2D eigenvalue weighted by Crippen LogP contribution is 2.26. The van der Waals surface area contributed by atoms with Gasteiger partial charge in [-0.2, -0.15) is 5.10 Å². The first kappa shape index (κ1) is 16.8. The predicted molar refractivity (Wildman–Crippen MR) is 89.6 cm³/mol. The van der Waals surface area contributed by atoms with Crippen molar-refractivity contribution in [3.63, 3.8) is 0 Å². The average molecular weight is 341 g/mol. The molecule has 0 saturated carbocycles. The van der Waals surface area contributed by atoms with Crippen molar-refractivity contribution in [1.82, 2.24) is 20.8 Å². The maximum Gasteiger partial charge on any atom is 0.269 e. The molecular weight excluding hydrogens is 323 g/mol. The number of H-pyrrole nitrogens is 1. The average Bonchev–Trinajstić information content (AvgIpc) is 3.17. The highest BCUT2D eigenvalue weighted by molar-refractivity contribution is 6.33. The number of carbonyl (C=O) groups is 1. The van der Waals surface area contributed by atoms with Gasteiger partial charge in [-0.15, -0.1) is 12.4 Å². The zero-order valence-corrected chi connectivity index (χ0v) is 13.5. The molecule has 1 fully saturated rings. The molecule has 0 spiro atoms. The Morgan fingerprint density at radius 3 is 2.95 bits per heavy atom. The van der Waals surface area contributed by atoms with Gasteiger partial charge >= 0.3 is 0 Å². The summed E-state index contributed by atoms with van der Waals surface area (Å²) in [6.07, 6.45) is 2.27. The van der Waals surface area contributed by atoms with Gasteiger partial charge in [0.1, 0.15) is 5.69 Å². The second kappa shape index (κ2) is 7.63. The zero-order valence-electron chi connectivity index (χ0n) is 11.9. The molecule has 1 aliphatic rings. The van der Waals surface area contributed by atoms with Crippen LogP contribution < -0.4 is 10.6 Å². The summed E-state index contributed by atoms with van der Waals surface area (Å²) in [6, 6.07) is 9.53. The lowest BCUT2D eigenvalue weighted by molar-refractivity contribution is 0.0945. The molecule has 1 amide bonds. The molecule has 0 bridgehead atoms. The normalized spacial score (nSPS) is 17.0. The summed E-state index contributed by atoms with van der Waals surface area (Å²) in [5.41, 5.74) is 1.93. The number of rotatable bonds is 4. The Morgan fingerprint density at radius 1 is 1.41 bits per heavy atom. The molecule has 22 heavy (non-hydrogen) atoms. The molecule has 0 aliphatic carbocycles. The Bertz CT molecular complexity index is 638. The number of benzene rings is 1. The zero-order chi connectivity index (χ0) is 14.7. The summed E-state index contributed by atoms with van der Waals surface area (Å²) in [7, 11) is 0. The van der Waals surface area contributed by atoms with Gasteiger partial charge in [-0.3, -0.25) is 9.89 Å². The summed E-state index contributed by atoms with van der Waals surface area (Å²) < 4.78 is 0. The van der Waals surface area contributed by atoms with Gasteiger partial charge in [-0.1, -0.05) is 29.8 Å². The van der Waals surface area contributed by atoms with Crippen LogP contribution in [0.5, 0.6) is 0 Å². The Labute approximate surface area is 140 Å². The molecule has 3 N–H and O–H groups in total. The molecule has 1 aromatic heterocycles. The molecule has 1 atom stereocenters. The van der Waals surface area contributed by atoms with Crippen LogP contribution in [0.4, 0.5) is 0 Å². The van der Waals surface area contributed by atoms with Crippen molar-refractivity contribution in [1.29, 1.82) is 0 Å². The topological polar surface area (TPSA) is 69.8 Å². The highest BCUT2D eigenvalue weighted by atomic mass is 35.5. The lowest BCUT2D eigenvalue weighted by Crippen LogP contribution is -2.37. The van der Waals surface area contributed by atoms with Crippen LogP contribution in [-0.4, -0.2) is 35.2 Å². The van der Waals surface area contributed by atoms with Crippen molar-refractivity contribution in [2.75, 3.05) is 13.1 Å². The molecule has 1 unspecified atom stereocenters. The Balaban J connectivity index is 0.00000176. The molecule has 2 heterocycles. The largest absolute Gasteiger partial charge is 0.349 e. The lowest BCUT2D eigenvalue weighted by Gasteiger charge is -2.10. The van der Waals surface area contributed by atoms with Crippen molar-refractivity contribution >= 4 is 29.9 Å². The fourth-order valence-corrected chi connectivity index (χ4v) is 2.72. The number of aromatic amines is 1. The van der Waals surface area contributed by atoms with E-state index in [1.165, 1.54) is 6.42 Å². The minimum Gasteiger partial charge on any atom is -0.349 e. The van der Waals surface area contributed by atoms with Crippen molar-refractivity contribution < 1.29 is 4.79 Å². The van der Waals surface area contributed by atoms with E-state index < -0.39 is 0 Å². The number of aromatic nitrogens is 2. The number of hydrogen-bond acceptors (Lipinski definition) is 3. The van der Waals surface area contributed by atoms with Gasteiger partial charge in [0.15, 0.2) is 0 Å². The maximum atomic E-state index is 12.1. The molecule has 2 aromatic rings. The van der Waals surface area contributed by atoms with E-state index in [9.17, 15) is 4.79 Å². The van der Waals surface area contributed by atoms with Crippen molar-refractivity contribution in [2.45, 2.75) is 18.9 Å². The smallest absolute Gasteiger partial charge is 0.269 e. The van der Waals surface area contributed by atoms with Crippen LogP contribution in [-0.2, 0) is 0 Å². The summed E-state index contributed by atoms with van der Waals surface area (Å²) in [4.78, 5) is 12.1. The van der Waals surface area contributed by atoms with Gasteiger partial charge in [-0.05, 0) is 31.5 Å². The molecule has 3 rings (SSSR count). The first-order valence-corrected chi connectivity index (χ1v) is 7.44. The van der Waals surface area contributed by atoms with Crippen LogP contribution in [0.3, 0.4) is 0 Å². The van der Waals surface area contributed by atoms with Crippen LogP contribution in [0.1, 0.15) is 23.3 Å².